The Balaban J connectivity index is 1.49. The van der Waals surface area contributed by atoms with Crippen molar-refractivity contribution in [2.45, 2.75) is 31.3 Å². The van der Waals surface area contributed by atoms with Crippen molar-refractivity contribution < 1.29 is 19.2 Å². The molecule has 0 amide bonds. The number of carbonyl (C=O) groups excluding carboxylic acids is 1. The van der Waals surface area contributed by atoms with Gasteiger partial charge in [-0.1, -0.05) is 65.8 Å². The second-order valence-electron chi connectivity index (χ2n) is 8.44. The number of rotatable bonds is 10. The molecular weight excluding hydrogens is 404 g/mol. The standard InChI is InChI=1S/C26H30N2O4/c29-25(26(30,22-9-3-1-4-10-22)23-11-5-2-6-12-23)31-20-21(19-24-14-18-32-27-24)13-17-28-15-7-8-16-28/h1-6,9-12,14,18,21,30H,7-8,13,15-17,19-20H2/t21-/m1/s1. The second kappa shape index (κ2) is 10.6. The van der Waals surface area contributed by atoms with Crippen LogP contribution in [0.3, 0.4) is 0 Å². The highest BCUT2D eigenvalue weighted by molar-refractivity contribution is 5.85. The van der Waals surface area contributed by atoms with Crippen molar-refractivity contribution in [1.82, 2.24) is 10.1 Å². The summed E-state index contributed by atoms with van der Waals surface area (Å²) in [5.74, 6) is -0.582. The van der Waals surface area contributed by atoms with Gasteiger partial charge < -0.3 is 19.3 Å². The predicted molar refractivity (Wildman–Crippen MR) is 121 cm³/mol. The number of ether oxygens (including phenoxy) is 1. The van der Waals surface area contributed by atoms with E-state index in [4.69, 9.17) is 9.26 Å². The highest BCUT2D eigenvalue weighted by atomic mass is 16.5. The van der Waals surface area contributed by atoms with E-state index in [-0.39, 0.29) is 12.5 Å². The minimum atomic E-state index is -1.87. The van der Waals surface area contributed by atoms with Gasteiger partial charge in [0.05, 0.1) is 12.3 Å². The minimum absolute atomic E-state index is 0.0837. The topological polar surface area (TPSA) is 75.8 Å². The Morgan fingerprint density at radius 2 is 1.66 bits per heavy atom. The normalized spacial score (nSPS) is 15.5. The highest BCUT2D eigenvalue weighted by Crippen LogP contribution is 2.31. The summed E-state index contributed by atoms with van der Waals surface area (Å²) in [5, 5.41) is 15.6. The predicted octanol–water partition coefficient (Wildman–Crippen LogP) is 3.80. The Hall–Kier alpha value is -2.96. The van der Waals surface area contributed by atoms with Crippen molar-refractivity contribution in [1.29, 1.82) is 0 Å². The van der Waals surface area contributed by atoms with Crippen molar-refractivity contribution in [3.8, 4) is 0 Å². The average molecular weight is 435 g/mol. The molecule has 1 N–H and O–H groups in total. The molecule has 1 atom stereocenters. The SMILES string of the molecule is O=C(OC[C@H](CCN1CCCC1)Cc1ccon1)C(O)(c1ccccc1)c1ccccc1. The molecule has 168 valence electrons. The molecule has 0 unspecified atom stereocenters. The Morgan fingerprint density at radius 1 is 1.03 bits per heavy atom. The Labute approximate surface area is 188 Å². The summed E-state index contributed by atoms with van der Waals surface area (Å²) in [5.41, 5.74) is -0.0490. The fourth-order valence-electron chi connectivity index (χ4n) is 4.31. The summed E-state index contributed by atoms with van der Waals surface area (Å²) in [6.45, 7) is 3.42. The summed E-state index contributed by atoms with van der Waals surface area (Å²) < 4.78 is 10.8. The van der Waals surface area contributed by atoms with Crippen molar-refractivity contribution in [3.63, 3.8) is 0 Å². The molecule has 2 heterocycles. The number of carbonyl (C=O) groups is 1. The highest BCUT2D eigenvalue weighted by Gasteiger charge is 2.41. The lowest BCUT2D eigenvalue weighted by Crippen LogP contribution is -2.39. The van der Waals surface area contributed by atoms with E-state index in [9.17, 15) is 9.90 Å². The van der Waals surface area contributed by atoms with Gasteiger partial charge in [-0.25, -0.2) is 4.79 Å². The molecule has 1 aliphatic rings. The van der Waals surface area contributed by atoms with E-state index in [0.29, 0.717) is 17.5 Å². The number of likely N-dealkylation sites (tertiary alicyclic amines) is 1. The third-order valence-electron chi connectivity index (χ3n) is 6.17. The lowest BCUT2D eigenvalue weighted by atomic mass is 9.86. The molecule has 1 aromatic heterocycles. The molecule has 4 rings (SSSR count). The molecule has 1 fully saturated rings. The zero-order chi connectivity index (χ0) is 22.2. The zero-order valence-corrected chi connectivity index (χ0v) is 18.2. The maximum absolute atomic E-state index is 13.3. The third kappa shape index (κ3) is 5.26. The Bertz CT molecular complexity index is 915. The third-order valence-corrected chi connectivity index (χ3v) is 6.17. The van der Waals surface area contributed by atoms with Crippen LogP contribution in [-0.4, -0.2) is 47.4 Å². The molecule has 0 spiro atoms. The first-order chi connectivity index (χ1) is 15.7. The van der Waals surface area contributed by atoms with Gasteiger partial charge in [-0.05, 0) is 62.4 Å². The quantitative estimate of drug-likeness (QED) is 0.489. The Kier molecular flexibility index (Phi) is 7.35. The smallest absolute Gasteiger partial charge is 0.347 e. The van der Waals surface area contributed by atoms with Gasteiger partial charge in [0.15, 0.2) is 0 Å². The van der Waals surface area contributed by atoms with E-state index in [0.717, 1.165) is 31.7 Å². The molecule has 0 saturated carbocycles. The summed E-state index contributed by atoms with van der Waals surface area (Å²) in [4.78, 5) is 15.8. The first kappa shape index (κ1) is 22.2. The number of nitrogens with zero attached hydrogens (tertiary/aromatic N) is 2. The van der Waals surface area contributed by atoms with Crippen LogP contribution in [0, 0.1) is 5.92 Å². The van der Waals surface area contributed by atoms with E-state index in [2.05, 4.69) is 10.1 Å². The molecule has 0 radical (unpaired) electrons. The number of esters is 1. The van der Waals surface area contributed by atoms with E-state index >= 15 is 0 Å². The van der Waals surface area contributed by atoms with Crippen LogP contribution in [0.15, 0.2) is 77.5 Å². The monoisotopic (exact) mass is 434 g/mol. The lowest BCUT2D eigenvalue weighted by Gasteiger charge is -2.28. The van der Waals surface area contributed by atoms with Gasteiger partial charge in [0, 0.05) is 6.07 Å². The van der Waals surface area contributed by atoms with Gasteiger partial charge in [-0.2, -0.15) is 0 Å². The molecule has 1 saturated heterocycles. The minimum Gasteiger partial charge on any atom is -0.463 e. The molecule has 0 bridgehead atoms. The van der Waals surface area contributed by atoms with Crippen molar-refractivity contribution in [2.75, 3.05) is 26.2 Å². The first-order valence-electron chi connectivity index (χ1n) is 11.3. The number of aromatic nitrogens is 1. The molecule has 0 aliphatic carbocycles. The van der Waals surface area contributed by atoms with Crippen LogP contribution in [-0.2, 0) is 21.6 Å². The summed E-state index contributed by atoms with van der Waals surface area (Å²) in [6, 6.07) is 19.7. The van der Waals surface area contributed by atoms with Crippen LogP contribution in [0.5, 0.6) is 0 Å². The maximum Gasteiger partial charge on any atom is 0.347 e. The van der Waals surface area contributed by atoms with Crippen LogP contribution < -0.4 is 0 Å². The number of hydrogen-bond acceptors (Lipinski definition) is 6. The van der Waals surface area contributed by atoms with Gasteiger partial charge in [0.1, 0.15) is 6.26 Å². The molecule has 3 aromatic rings. The van der Waals surface area contributed by atoms with Crippen LogP contribution in [0.1, 0.15) is 36.1 Å². The van der Waals surface area contributed by atoms with Gasteiger partial charge in [-0.15, -0.1) is 0 Å². The summed E-state index contributed by atoms with van der Waals surface area (Å²) in [6.07, 6.45) is 5.58. The van der Waals surface area contributed by atoms with Gasteiger partial charge in [-0.3, -0.25) is 0 Å². The van der Waals surface area contributed by atoms with E-state index < -0.39 is 11.6 Å². The molecule has 32 heavy (non-hydrogen) atoms. The fourth-order valence-corrected chi connectivity index (χ4v) is 4.31. The number of benzene rings is 2. The molecule has 2 aromatic carbocycles. The largest absolute Gasteiger partial charge is 0.463 e. The molecule has 6 nitrogen and oxygen atoms in total. The molecule has 1 aliphatic heterocycles. The Morgan fingerprint density at radius 3 is 2.22 bits per heavy atom. The van der Waals surface area contributed by atoms with Crippen LogP contribution >= 0.6 is 0 Å². The number of aliphatic hydroxyl groups is 1. The summed E-state index contributed by atoms with van der Waals surface area (Å²) >= 11 is 0. The second-order valence-corrected chi connectivity index (χ2v) is 8.44. The van der Waals surface area contributed by atoms with Gasteiger partial charge in [0.25, 0.3) is 0 Å². The average Bonchev–Trinajstić information content (AvgIpc) is 3.55. The van der Waals surface area contributed by atoms with Crippen LogP contribution in [0.2, 0.25) is 0 Å². The van der Waals surface area contributed by atoms with E-state index in [1.165, 1.54) is 12.8 Å². The van der Waals surface area contributed by atoms with Gasteiger partial charge >= 0.3 is 5.97 Å². The lowest BCUT2D eigenvalue weighted by molar-refractivity contribution is -0.163. The van der Waals surface area contributed by atoms with Crippen LogP contribution in [0.25, 0.3) is 0 Å². The zero-order valence-electron chi connectivity index (χ0n) is 18.2. The van der Waals surface area contributed by atoms with Crippen molar-refractivity contribution >= 4 is 5.97 Å². The fraction of sp³-hybridized carbons (Fsp3) is 0.385. The van der Waals surface area contributed by atoms with Crippen molar-refractivity contribution in [3.05, 3.63) is 89.8 Å². The van der Waals surface area contributed by atoms with Crippen molar-refractivity contribution in [2.24, 2.45) is 5.92 Å². The molecule has 6 heteroatoms. The van der Waals surface area contributed by atoms with Crippen LogP contribution in [0.4, 0.5) is 0 Å². The summed E-state index contributed by atoms with van der Waals surface area (Å²) in [7, 11) is 0. The maximum atomic E-state index is 13.3. The van der Waals surface area contributed by atoms with Gasteiger partial charge in [0.2, 0.25) is 5.60 Å². The van der Waals surface area contributed by atoms with E-state index in [1.807, 2.05) is 18.2 Å². The van der Waals surface area contributed by atoms with E-state index in [1.54, 1.807) is 54.8 Å². The molecular formula is C26H30N2O4. The first-order valence-corrected chi connectivity index (χ1v) is 11.3. The number of hydrogen-bond donors (Lipinski definition) is 1.